The summed E-state index contributed by atoms with van der Waals surface area (Å²) >= 11 is 0. The van der Waals surface area contributed by atoms with E-state index < -0.39 is 0 Å². The number of hydrogen-bond donors (Lipinski definition) is 2. The Morgan fingerprint density at radius 1 is 0.625 bits per heavy atom. The minimum Gasteiger partial charge on any atom is -0.400 e. The van der Waals surface area contributed by atoms with Gasteiger partial charge in [-0.25, -0.2) is 0 Å². The monoisotopic (exact) mass is 120 g/mol. The van der Waals surface area contributed by atoms with Gasteiger partial charge in [0.25, 0.3) is 0 Å². The largest absolute Gasteiger partial charge is 0.400 e. The molecule has 0 spiro atoms. The van der Waals surface area contributed by atoms with Crippen LogP contribution in [0.1, 0.15) is 25.7 Å². The van der Waals surface area contributed by atoms with Crippen molar-refractivity contribution in [2.24, 2.45) is 0 Å². The first-order valence-corrected chi connectivity index (χ1v) is 2.89. The Kier molecular flexibility index (Phi) is 21.3. The predicted octanol–water partition coefficient (Wildman–Crippen LogP) is 0.777. The lowest BCUT2D eigenvalue weighted by Gasteiger charge is -2.05. The second kappa shape index (κ2) is 15.8. The molecule has 1 saturated carbocycles. The van der Waals surface area contributed by atoms with Crippen LogP contribution in [0.3, 0.4) is 0 Å². The molecule has 2 N–H and O–H groups in total. The molecule has 2 nitrogen and oxygen atoms in total. The molecule has 0 radical (unpaired) electrons. The van der Waals surface area contributed by atoms with E-state index in [-0.39, 0.29) is 0 Å². The molecule has 0 aromatic heterocycles. The first kappa shape index (κ1) is 10.8. The lowest BCUT2D eigenvalue weighted by atomic mass is 10.0. The minimum atomic E-state index is 1.00. The third-order valence-electron chi connectivity index (χ3n) is 1.000. The summed E-state index contributed by atoms with van der Waals surface area (Å²) in [6, 6.07) is 0. The van der Waals surface area contributed by atoms with Crippen LogP contribution >= 0.6 is 0 Å². The summed E-state index contributed by atoms with van der Waals surface area (Å²) in [7, 11) is 2.00. The van der Waals surface area contributed by atoms with E-state index in [1.165, 1.54) is 25.7 Å². The van der Waals surface area contributed by atoms with E-state index in [2.05, 4.69) is 0 Å². The third-order valence-corrected chi connectivity index (χ3v) is 1.000. The molecule has 1 fully saturated rings. The maximum Gasteiger partial charge on any atom is 0.0319 e. The molecule has 0 heterocycles. The van der Waals surface area contributed by atoms with Crippen LogP contribution in [-0.4, -0.2) is 24.4 Å². The van der Waals surface area contributed by atoms with E-state index in [0.29, 0.717) is 0 Å². The first-order valence-electron chi connectivity index (χ1n) is 2.89. The zero-order valence-corrected chi connectivity index (χ0v) is 5.72. The second-order valence-corrected chi connectivity index (χ2v) is 1.41. The normalized spacial score (nSPS) is 13.5. The smallest absolute Gasteiger partial charge is 0.0319 e. The Bertz CT molecular complexity index is 14.5. The highest BCUT2D eigenvalue weighted by molar-refractivity contribution is 4.50. The molecule has 0 aromatic carbocycles. The van der Waals surface area contributed by atoms with Crippen molar-refractivity contribution in [2.45, 2.75) is 25.7 Å². The van der Waals surface area contributed by atoms with Crippen molar-refractivity contribution in [3.05, 3.63) is 0 Å². The Morgan fingerprint density at radius 2 is 0.750 bits per heavy atom. The fourth-order valence-corrected chi connectivity index (χ4v) is 0.250. The molecule has 0 unspecified atom stereocenters. The predicted molar refractivity (Wildman–Crippen MR) is 34.8 cm³/mol. The number of aliphatic hydroxyl groups excluding tert-OH is 2. The van der Waals surface area contributed by atoms with Gasteiger partial charge >= 0.3 is 0 Å². The van der Waals surface area contributed by atoms with E-state index in [4.69, 9.17) is 10.2 Å². The molecular weight excluding hydrogens is 104 g/mol. The Morgan fingerprint density at radius 3 is 0.750 bits per heavy atom. The summed E-state index contributed by atoms with van der Waals surface area (Å²) in [4.78, 5) is 0. The van der Waals surface area contributed by atoms with Crippen molar-refractivity contribution < 1.29 is 10.2 Å². The van der Waals surface area contributed by atoms with Gasteiger partial charge in [-0.2, -0.15) is 0 Å². The average molecular weight is 120 g/mol. The second-order valence-electron chi connectivity index (χ2n) is 1.41. The topological polar surface area (TPSA) is 40.5 Å². The number of hydrogen-bond acceptors (Lipinski definition) is 2. The molecule has 0 amide bonds. The summed E-state index contributed by atoms with van der Waals surface area (Å²) in [6.07, 6.45) is 6.00. The van der Waals surface area contributed by atoms with Gasteiger partial charge in [0, 0.05) is 14.2 Å². The van der Waals surface area contributed by atoms with Crippen LogP contribution < -0.4 is 0 Å². The van der Waals surface area contributed by atoms with Crippen molar-refractivity contribution >= 4 is 0 Å². The molecule has 1 aliphatic carbocycles. The van der Waals surface area contributed by atoms with Crippen LogP contribution in [0.15, 0.2) is 0 Å². The van der Waals surface area contributed by atoms with E-state index in [1.54, 1.807) is 0 Å². The highest BCUT2D eigenvalue weighted by Gasteiger charge is 1.95. The zero-order valence-electron chi connectivity index (χ0n) is 5.72. The van der Waals surface area contributed by atoms with Crippen LogP contribution in [0.5, 0.6) is 0 Å². The van der Waals surface area contributed by atoms with Crippen molar-refractivity contribution in [2.75, 3.05) is 14.2 Å². The standard InChI is InChI=1S/C4H8.2CH4O/c1-2-4-3-1;2*1-2/h1-4H2;2*2H,1H3. The van der Waals surface area contributed by atoms with Crippen LogP contribution in [0, 0.1) is 0 Å². The molecule has 0 bridgehead atoms. The summed E-state index contributed by atoms with van der Waals surface area (Å²) < 4.78 is 0. The molecule has 8 heavy (non-hydrogen) atoms. The van der Waals surface area contributed by atoms with Crippen LogP contribution in [0.25, 0.3) is 0 Å². The first-order chi connectivity index (χ1) is 4.00. The molecule has 2 heteroatoms. The summed E-state index contributed by atoms with van der Waals surface area (Å²) in [5.74, 6) is 0. The summed E-state index contributed by atoms with van der Waals surface area (Å²) in [5, 5.41) is 14.0. The number of aliphatic hydroxyl groups is 2. The Labute approximate surface area is 51.2 Å². The van der Waals surface area contributed by atoms with Crippen molar-refractivity contribution in [1.82, 2.24) is 0 Å². The SMILES string of the molecule is C1CCC1.CO.CO. The molecule has 0 saturated heterocycles. The van der Waals surface area contributed by atoms with Crippen LogP contribution in [0.4, 0.5) is 0 Å². The van der Waals surface area contributed by atoms with E-state index in [0.717, 1.165) is 14.2 Å². The van der Waals surface area contributed by atoms with Crippen LogP contribution in [-0.2, 0) is 0 Å². The van der Waals surface area contributed by atoms with Crippen LogP contribution in [0.2, 0.25) is 0 Å². The van der Waals surface area contributed by atoms with Crippen molar-refractivity contribution in [3.63, 3.8) is 0 Å². The molecular formula is C6H16O2. The van der Waals surface area contributed by atoms with Gasteiger partial charge < -0.3 is 10.2 Å². The van der Waals surface area contributed by atoms with Gasteiger partial charge in [0.1, 0.15) is 0 Å². The Hall–Kier alpha value is -0.0800. The van der Waals surface area contributed by atoms with E-state index in [9.17, 15) is 0 Å². The molecule has 52 valence electrons. The quantitative estimate of drug-likeness (QED) is 0.496. The molecule has 1 aliphatic rings. The Balaban J connectivity index is 0. The van der Waals surface area contributed by atoms with Gasteiger partial charge in [-0.15, -0.1) is 0 Å². The summed E-state index contributed by atoms with van der Waals surface area (Å²) in [5.41, 5.74) is 0. The van der Waals surface area contributed by atoms with Crippen molar-refractivity contribution in [1.29, 1.82) is 0 Å². The van der Waals surface area contributed by atoms with Crippen molar-refractivity contribution in [3.8, 4) is 0 Å². The van der Waals surface area contributed by atoms with Gasteiger partial charge in [0.2, 0.25) is 0 Å². The van der Waals surface area contributed by atoms with Gasteiger partial charge in [0.05, 0.1) is 0 Å². The maximum atomic E-state index is 7.00. The van der Waals surface area contributed by atoms with Gasteiger partial charge in [-0.3, -0.25) is 0 Å². The van der Waals surface area contributed by atoms with E-state index in [1.807, 2.05) is 0 Å². The molecule has 1 rings (SSSR count). The lowest BCUT2D eigenvalue weighted by Crippen LogP contribution is -1.85. The van der Waals surface area contributed by atoms with Gasteiger partial charge in [0.15, 0.2) is 0 Å². The molecule has 0 aromatic rings. The third kappa shape index (κ3) is 9.33. The molecule has 0 atom stereocenters. The van der Waals surface area contributed by atoms with E-state index >= 15 is 0 Å². The highest BCUT2D eigenvalue weighted by atomic mass is 16.2. The summed E-state index contributed by atoms with van der Waals surface area (Å²) in [6.45, 7) is 0. The fraction of sp³-hybridized carbons (Fsp3) is 1.00. The average Bonchev–Trinajstić information content (AvgIpc) is 1.72. The molecule has 0 aliphatic heterocycles. The zero-order chi connectivity index (χ0) is 6.83. The van der Waals surface area contributed by atoms with Gasteiger partial charge in [-0.1, -0.05) is 25.7 Å². The lowest BCUT2D eigenvalue weighted by molar-refractivity contribution is 0.399. The maximum absolute atomic E-state index is 7.00. The highest BCUT2D eigenvalue weighted by Crippen LogP contribution is 2.15. The number of rotatable bonds is 0. The fourth-order valence-electron chi connectivity index (χ4n) is 0.250. The minimum absolute atomic E-state index is 1.00. The van der Waals surface area contributed by atoms with Gasteiger partial charge in [-0.05, 0) is 0 Å².